The molecule has 1 N–H and O–H groups in total. The lowest BCUT2D eigenvalue weighted by molar-refractivity contribution is -0.385. The van der Waals surface area contributed by atoms with Crippen LogP contribution in [-0.2, 0) is 16.6 Å². The number of nitro groups is 1. The topological polar surface area (TPSA) is 119 Å². The number of nitro benzene ring substituents is 1. The average Bonchev–Trinajstić information content (AvgIpc) is 2.82. The summed E-state index contributed by atoms with van der Waals surface area (Å²) in [7, 11) is -3.73. The van der Waals surface area contributed by atoms with Gasteiger partial charge in [0, 0.05) is 11.6 Å². The zero-order valence-electron chi connectivity index (χ0n) is 20.6. The van der Waals surface area contributed by atoms with Crippen LogP contribution in [0.5, 0.6) is 5.75 Å². The van der Waals surface area contributed by atoms with E-state index in [1.54, 1.807) is 24.3 Å². The highest BCUT2D eigenvalue weighted by Gasteiger charge is 2.24. The summed E-state index contributed by atoms with van der Waals surface area (Å²) in [5.41, 5.74) is 3.69. The number of carbonyl (C=O) groups excluding carboxylic acids is 1. The smallest absolute Gasteiger partial charge is 0.274 e. The van der Waals surface area contributed by atoms with E-state index in [2.05, 4.69) is 5.32 Å². The van der Waals surface area contributed by atoms with E-state index in [-0.39, 0.29) is 29.4 Å². The summed E-state index contributed by atoms with van der Waals surface area (Å²) in [5, 5.41) is 14.1. The third-order valence-electron chi connectivity index (χ3n) is 5.82. The Kier molecular flexibility index (Phi) is 8.31. The van der Waals surface area contributed by atoms with Crippen LogP contribution in [0.3, 0.4) is 0 Å². The van der Waals surface area contributed by atoms with E-state index >= 15 is 0 Å². The van der Waals surface area contributed by atoms with Crippen molar-refractivity contribution in [1.29, 1.82) is 0 Å². The Hall–Kier alpha value is -3.92. The van der Waals surface area contributed by atoms with E-state index in [0.29, 0.717) is 24.3 Å². The maximum absolute atomic E-state index is 12.5. The second-order valence-electron chi connectivity index (χ2n) is 8.50. The van der Waals surface area contributed by atoms with Crippen LogP contribution in [0.25, 0.3) is 0 Å². The van der Waals surface area contributed by atoms with E-state index < -0.39 is 14.9 Å². The minimum atomic E-state index is -3.73. The summed E-state index contributed by atoms with van der Waals surface area (Å²) in [6.45, 7) is 6.15. The number of nitrogens with zero attached hydrogens (tertiary/aromatic N) is 2. The molecule has 0 aliphatic rings. The number of aryl methyl sites for hydroxylation is 2. The van der Waals surface area contributed by atoms with Crippen LogP contribution >= 0.6 is 0 Å². The molecule has 0 radical (unpaired) electrons. The zero-order valence-corrected chi connectivity index (χ0v) is 21.5. The number of benzene rings is 3. The summed E-state index contributed by atoms with van der Waals surface area (Å²) < 4.78 is 31.8. The molecule has 0 aliphatic heterocycles. The number of sulfonamides is 1. The molecular weight excluding hydrogens is 482 g/mol. The number of rotatable bonds is 10. The third-order valence-corrected chi connectivity index (χ3v) is 6.95. The summed E-state index contributed by atoms with van der Waals surface area (Å²) in [5.74, 6) is 0.464. The van der Waals surface area contributed by atoms with Crippen LogP contribution in [0.2, 0.25) is 0 Å². The zero-order chi connectivity index (χ0) is 26.5. The number of hydrogen-bond acceptors (Lipinski definition) is 6. The molecule has 0 heterocycles. The molecule has 0 aromatic heterocycles. The molecule has 9 nitrogen and oxygen atoms in total. The van der Waals surface area contributed by atoms with Crippen molar-refractivity contribution < 1.29 is 22.9 Å². The first-order valence-corrected chi connectivity index (χ1v) is 13.1. The molecule has 36 heavy (non-hydrogen) atoms. The molecule has 10 heteroatoms. The first kappa shape index (κ1) is 26.7. The van der Waals surface area contributed by atoms with E-state index in [4.69, 9.17) is 4.74 Å². The number of amides is 1. The minimum Gasteiger partial charge on any atom is -0.492 e. The Morgan fingerprint density at radius 1 is 1.03 bits per heavy atom. The molecule has 1 amide bonds. The second kappa shape index (κ2) is 11.2. The maximum Gasteiger partial charge on any atom is 0.274 e. The predicted octanol–water partition coefficient (Wildman–Crippen LogP) is 4.30. The van der Waals surface area contributed by atoms with E-state index in [0.717, 1.165) is 21.9 Å². The largest absolute Gasteiger partial charge is 0.492 e. The lowest BCUT2D eigenvalue weighted by Crippen LogP contribution is -2.30. The van der Waals surface area contributed by atoms with Crippen molar-refractivity contribution in [2.45, 2.75) is 27.3 Å². The Bertz CT molecular complexity index is 1370. The lowest BCUT2D eigenvalue weighted by Gasteiger charge is -2.24. The fraction of sp³-hybridized carbons (Fsp3) is 0.269. The fourth-order valence-corrected chi connectivity index (χ4v) is 4.57. The number of anilines is 1. The second-order valence-corrected chi connectivity index (χ2v) is 10.4. The summed E-state index contributed by atoms with van der Waals surface area (Å²) in [6.07, 6.45) is 1.05. The van der Waals surface area contributed by atoms with E-state index in [1.807, 2.05) is 32.0 Å². The normalized spacial score (nSPS) is 11.1. The lowest BCUT2D eigenvalue weighted by atomic mass is 10.1. The highest BCUT2D eigenvalue weighted by molar-refractivity contribution is 7.92. The highest BCUT2D eigenvalue weighted by Crippen LogP contribution is 2.31. The first-order chi connectivity index (χ1) is 17.0. The fourth-order valence-electron chi connectivity index (χ4n) is 3.63. The minimum absolute atomic E-state index is 0.0352. The van der Waals surface area contributed by atoms with Crippen molar-refractivity contribution in [3.05, 3.63) is 98.6 Å². The number of ether oxygens (including phenoxy) is 1. The molecule has 0 bridgehead atoms. The van der Waals surface area contributed by atoms with Gasteiger partial charge < -0.3 is 10.1 Å². The van der Waals surface area contributed by atoms with E-state index in [9.17, 15) is 23.3 Å². The summed E-state index contributed by atoms with van der Waals surface area (Å²) >= 11 is 0. The molecule has 0 saturated carbocycles. The van der Waals surface area contributed by atoms with Crippen molar-refractivity contribution in [1.82, 2.24) is 5.32 Å². The number of carbonyl (C=O) groups is 1. The first-order valence-electron chi connectivity index (χ1n) is 11.3. The maximum atomic E-state index is 12.5. The highest BCUT2D eigenvalue weighted by atomic mass is 32.2. The summed E-state index contributed by atoms with van der Waals surface area (Å²) in [6, 6.07) is 16.7. The third kappa shape index (κ3) is 6.60. The molecule has 3 rings (SSSR count). The Morgan fingerprint density at radius 3 is 2.33 bits per heavy atom. The van der Waals surface area contributed by atoms with Gasteiger partial charge >= 0.3 is 0 Å². The van der Waals surface area contributed by atoms with Gasteiger partial charge in [0.1, 0.15) is 12.4 Å². The molecule has 0 saturated heterocycles. The van der Waals surface area contributed by atoms with Crippen LogP contribution in [0, 0.1) is 30.9 Å². The van der Waals surface area contributed by atoms with Gasteiger partial charge in [0.05, 0.1) is 35.5 Å². The Labute approximate surface area is 210 Å². The molecule has 0 aliphatic carbocycles. The average molecular weight is 512 g/mol. The van der Waals surface area contributed by atoms with Crippen molar-refractivity contribution >= 4 is 27.3 Å². The van der Waals surface area contributed by atoms with Gasteiger partial charge in [-0.05, 0) is 67.8 Å². The van der Waals surface area contributed by atoms with Gasteiger partial charge in [-0.2, -0.15) is 0 Å². The molecular formula is C26H29N3O6S. The van der Waals surface area contributed by atoms with Crippen LogP contribution in [0.4, 0.5) is 11.4 Å². The van der Waals surface area contributed by atoms with Crippen molar-refractivity contribution in [2.24, 2.45) is 0 Å². The summed E-state index contributed by atoms with van der Waals surface area (Å²) in [4.78, 5) is 23.2. The van der Waals surface area contributed by atoms with Gasteiger partial charge in [0.25, 0.3) is 11.6 Å². The monoisotopic (exact) mass is 511 g/mol. The molecule has 190 valence electrons. The number of hydrogen-bond donors (Lipinski definition) is 1. The SMILES string of the molecule is Cc1ccc(OCCNC(=O)c2ccc(CN(c3cccc([N+](=O)[O-])c3C)S(C)(=O)=O)cc2)cc1C. The van der Waals surface area contributed by atoms with Gasteiger partial charge in [0.2, 0.25) is 10.0 Å². The standard InChI is InChI=1S/C26H29N3O6S/c1-18-8-13-23(16-19(18)2)35-15-14-27-26(30)22-11-9-21(10-12-22)17-28(36(4,33)34)24-6-5-7-25(20(24)3)29(31)32/h5-13,16H,14-15,17H2,1-4H3,(H,27,30). The van der Waals surface area contributed by atoms with Crippen LogP contribution < -0.4 is 14.4 Å². The van der Waals surface area contributed by atoms with Gasteiger partial charge in [-0.15, -0.1) is 0 Å². The molecule has 0 atom stereocenters. The Morgan fingerprint density at radius 2 is 1.72 bits per heavy atom. The van der Waals surface area contributed by atoms with Crippen LogP contribution in [0.1, 0.15) is 32.6 Å². The van der Waals surface area contributed by atoms with Gasteiger partial charge in [-0.1, -0.05) is 24.3 Å². The van der Waals surface area contributed by atoms with Gasteiger partial charge in [0.15, 0.2) is 0 Å². The molecule has 0 unspecified atom stereocenters. The van der Waals surface area contributed by atoms with Gasteiger partial charge in [-0.25, -0.2) is 8.42 Å². The molecule has 0 fully saturated rings. The van der Waals surface area contributed by atoms with E-state index in [1.165, 1.54) is 30.7 Å². The number of nitrogens with one attached hydrogen (secondary N) is 1. The quantitative estimate of drug-likeness (QED) is 0.246. The predicted molar refractivity (Wildman–Crippen MR) is 139 cm³/mol. The molecule has 3 aromatic rings. The van der Waals surface area contributed by atoms with Crippen LogP contribution in [-0.4, -0.2) is 38.7 Å². The van der Waals surface area contributed by atoms with Crippen LogP contribution in [0.15, 0.2) is 60.7 Å². The van der Waals surface area contributed by atoms with Gasteiger partial charge in [-0.3, -0.25) is 19.2 Å². The van der Waals surface area contributed by atoms with Crippen molar-refractivity contribution in [2.75, 3.05) is 23.7 Å². The molecule has 3 aromatic carbocycles. The van der Waals surface area contributed by atoms with Crippen molar-refractivity contribution in [3.63, 3.8) is 0 Å². The molecule has 0 spiro atoms. The Balaban J connectivity index is 1.64. The van der Waals surface area contributed by atoms with Crippen molar-refractivity contribution in [3.8, 4) is 5.75 Å².